The molecule has 0 N–H and O–H groups in total. The van der Waals surface area contributed by atoms with Crippen molar-refractivity contribution in [2.45, 2.75) is 18.9 Å². The lowest BCUT2D eigenvalue weighted by Crippen LogP contribution is -2.48. The van der Waals surface area contributed by atoms with Crippen molar-refractivity contribution in [1.29, 1.82) is 0 Å². The van der Waals surface area contributed by atoms with Gasteiger partial charge in [-0.1, -0.05) is 0 Å². The monoisotopic (exact) mass is 358 g/mol. The summed E-state index contributed by atoms with van der Waals surface area (Å²) < 4.78 is 34.8. The lowest BCUT2D eigenvalue weighted by Gasteiger charge is -2.33. The van der Waals surface area contributed by atoms with Crippen LogP contribution in [0.3, 0.4) is 0 Å². The van der Waals surface area contributed by atoms with E-state index in [1.54, 1.807) is 4.90 Å². The van der Waals surface area contributed by atoms with E-state index in [1.165, 1.54) is 26.6 Å². The van der Waals surface area contributed by atoms with Crippen LogP contribution in [0.25, 0.3) is 0 Å². The Bertz CT molecular complexity index is 681. The Kier molecular flexibility index (Phi) is 5.94. The van der Waals surface area contributed by atoms with Crippen LogP contribution in [0.1, 0.15) is 12.8 Å². The molecule has 1 aromatic heterocycles. The van der Waals surface area contributed by atoms with E-state index in [1.807, 2.05) is 0 Å². The summed E-state index contributed by atoms with van der Waals surface area (Å²) >= 11 is 0. The minimum absolute atomic E-state index is 0.181. The number of hydrogen-bond donors (Lipinski definition) is 0. The van der Waals surface area contributed by atoms with Crippen LogP contribution in [0.5, 0.6) is 11.8 Å². The van der Waals surface area contributed by atoms with Gasteiger partial charge in [-0.25, -0.2) is 18.4 Å². The number of methoxy groups -OCH3 is 1. The summed E-state index contributed by atoms with van der Waals surface area (Å²) in [5, 5.41) is 0. The molecule has 1 aliphatic heterocycles. The van der Waals surface area contributed by atoms with E-state index in [9.17, 15) is 13.2 Å². The average molecular weight is 358 g/mol. The Morgan fingerprint density at radius 3 is 2.67 bits per heavy atom. The molecule has 9 nitrogen and oxygen atoms in total. The predicted octanol–water partition coefficient (Wildman–Crippen LogP) is -0.254. The maximum Gasteiger partial charge on any atom is 0.278 e. The number of ether oxygens (including phenoxy) is 2. The number of amides is 1. The van der Waals surface area contributed by atoms with E-state index in [-0.39, 0.29) is 30.3 Å². The van der Waals surface area contributed by atoms with Crippen LogP contribution in [-0.4, -0.2) is 79.6 Å². The zero-order chi connectivity index (χ0) is 17.7. The molecule has 0 radical (unpaired) electrons. The fourth-order valence-corrected chi connectivity index (χ4v) is 2.70. The minimum atomic E-state index is -3.39. The Morgan fingerprint density at radius 2 is 2.04 bits per heavy atom. The van der Waals surface area contributed by atoms with Crippen LogP contribution >= 0.6 is 0 Å². The van der Waals surface area contributed by atoms with Crippen LogP contribution < -0.4 is 9.47 Å². The summed E-state index contributed by atoms with van der Waals surface area (Å²) in [5.41, 5.74) is 0. The van der Waals surface area contributed by atoms with Gasteiger partial charge in [0.15, 0.2) is 0 Å². The van der Waals surface area contributed by atoms with Crippen molar-refractivity contribution in [1.82, 2.24) is 19.2 Å². The first kappa shape index (κ1) is 18.4. The van der Waals surface area contributed by atoms with Gasteiger partial charge in [0.2, 0.25) is 15.9 Å². The van der Waals surface area contributed by atoms with Gasteiger partial charge in [0, 0.05) is 26.0 Å². The number of piperidine rings is 1. The standard InChI is InChI=1S/C14H22N4O5S/c1-17(24(3,20)21)10-12(19)18-8-4-5-11(9-18)23-14-13(22-2)15-6-7-16-14/h6-7,11H,4-5,8-10H2,1-3H3/t11-/m0/s1. The summed E-state index contributed by atoms with van der Waals surface area (Å²) in [7, 11) is -0.523. The molecule has 1 aromatic rings. The quantitative estimate of drug-likeness (QED) is 0.691. The molecule has 1 atom stereocenters. The Labute approximate surface area is 141 Å². The number of likely N-dealkylation sites (N-methyl/N-ethyl adjacent to an activating group) is 1. The van der Waals surface area contributed by atoms with Crippen LogP contribution in [0.15, 0.2) is 12.4 Å². The first-order chi connectivity index (χ1) is 11.3. The molecule has 2 heterocycles. The molecule has 0 spiro atoms. The number of carbonyl (C=O) groups is 1. The van der Waals surface area contributed by atoms with Crippen molar-refractivity contribution in [3.63, 3.8) is 0 Å². The predicted molar refractivity (Wildman–Crippen MR) is 86.3 cm³/mol. The van der Waals surface area contributed by atoms with Crippen LogP contribution in [0.2, 0.25) is 0 Å². The van der Waals surface area contributed by atoms with Gasteiger partial charge in [-0.05, 0) is 12.8 Å². The lowest BCUT2D eigenvalue weighted by molar-refractivity contribution is -0.133. The fourth-order valence-electron chi connectivity index (χ4n) is 2.36. The first-order valence-electron chi connectivity index (χ1n) is 7.52. The number of likely N-dealkylation sites (tertiary alicyclic amines) is 1. The molecule has 0 saturated carbocycles. The van der Waals surface area contributed by atoms with E-state index in [4.69, 9.17) is 9.47 Å². The van der Waals surface area contributed by atoms with Crippen LogP contribution in [0, 0.1) is 0 Å². The lowest BCUT2D eigenvalue weighted by atomic mass is 10.1. The van der Waals surface area contributed by atoms with Gasteiger partial charge in [0.25, 0.3) is 11.8 Å². The molecule has 10 heteroatoms. The summed E-state index contributed by atoms with van der Waals surface area (Å²) in [4.78, 5) is 22.0. The number of hydrogen-bond acceptors (Lipinski definition) is 7. The largest absolute Gasteiger partial charge is 0.477 e. The van der Waals surface area contributed by atoms with Gasteiger partial charge in [0.05, 0.1) is 26.5 Å². The minimum Gasteiger partial charge on any atom is -0.477 e. The van der Waals surface area contributed by atoms with E-state index >= 15 is 0 Å². The number of nitrogens with zero attached hydrogens (tertiary/aromatic N) is 4. The highest BCUT2D eigenvalue weighted by Gasteiger charge is 2.28. The Balaban J connectivity index is 1.97. The van der Waals surface area contributed by atoms with Crippen molar-refractivity contribution in [3.8, 4) is 11.8 Å². The highest BCUT2D eigenvalue weighted by Crippen LogP contribution is 2.23. The summed E-state index contributed by atoms with van der Waals surface area (Å²) in [5.74, 6) is 0.327. The third kappa shape index (κ3) is 4.78. The molecular weight excluding hydrogens is 336 g/mol. The van der Waals surface area contributed by atoms with Gasteiger partial charge in [-0.3, -0.25) is 4.79 Å². The van der Waals surface area contributed by atoms with Crippen molar-refractivity contribution in [2.24, 2.45) is 0 Å². The molecule has 24 heavy (non-hydrogen) atoms. The van der Waals surface area contributed by atoms with E-state index in [0.29, 0.717) is 13.1 Å². The van der Waals surface area contributed by atoms with Crippen molar-refractivity contribution in [3.05, 3.63) is 12.4 Å². The molecule has 0 unspecified atom stereocenters. The maximum atomic E-state index is 12.3. The van der Waals surface area contributed by atoms with Crippen molar-refractivity contribution >= 4 is 15.9 Å². The SMILES string of the molecule is COc1nccnc1O[C@H]1CCCN(C(=O)CN(C)S(C)(=O)=O)C1. The molecule has 1 saturated heterocycles. The number of carbonyl (C=O) groups excluding carboxylic acids is 1. The first-order valence-corrected chi connectivity index (χ1v) is 9.37. The van der Waals surface area contributed by atoms with Gasteiger partial charge in [-0.15, -0.1) is 0 Å². The summed E-state index contributed by atoms with van der Waals surface area (Å²) in [6.07, 6.45) is 5.38. The van der Waals surface area contributed by atoms with E-state index in [2.05, 4.69) is 9.97 Å². The molecule has 0 bridgehead atoms. The van der Waals surface area contributed by atoms with Crippen LogP contribution in [-0.2, 0) is 14.8 Å². The Morgan fingerprint density at radius 1 is 1.38 bits per heavy atom. The number of sulfonamides is 1. The third-order valence-electron chi connectivity index (χ3n) is 3.76. The van der Waals surface area contributed by atoms with Crippen molar-refractivity contribution < 1.29 is 22.7 Å². The van der Waals surface area contributed by atoms with Gasteiger partial charge < -0.3 is 14.4 Å². The van der Waals surface area contributed by atoms with Crippen LogP contribution in [0.4, 0.5) is 0 Å². The second kappa shape index (κ2) is 7.75. The second-order valence-electron chi connectivity index (χ2n) is 5.61. The molecule has 1 aliphatic rings. The Hall–Kier alpha value is -1.94. The molecule has 0 aliphatic carbocycles. The highest BCUT2D eigenvalue weighted by atomic mass is 32.2. The molecular formula is C14H22N4O5S. The van der Waals surface area contributed by atoms with E-state index < -0.39 is 10.0 Å². The molecule has 1 amide bonds. The second-order valence-corrected chi connectivity index (χ2v) is 7.70. The molecule has 1 fully saturated rings. The normalized spacial score (nSPS) is 18.5. The number of aromatic nitrogens is 2. The highest BCUT2D eigenvalue weighted by molar-refractivity contribution is 7.88. The zero-order valence-corrected chi connectivity index (χ0v) is 14.8. The van der Waals surface area contributed by atoms with Gasteiger partial charge >= 0.3 is 0 Å². The number of rotatable bonds is 6. The molecule has 2 rings (SSSR count). The fraction of sp³-hybridized carbons (Fsp3) is 0.643. The van der Waals surface area contributed by atoms with E-state index in [0.717, 1.165) is 23.4 Å². The smallest absolute Gasteiger partial charge is 0.278 e. The third-order valence-corrected chi connectivity index (χ3v) is 5.02. The molecule has 134 valence electrons. The average Bonchev–Trinajstić information content (AvgIpc) is 2.54. The maximum absolute atomic E-state index is 12.3. The zero-order valence-electron chi connectivity index (χ0n) is 14.0. The van der Waals surface area contributed by atoms with Gasteiger partial charge in [0.1, 0.15) is 6.10 Å². The topological polar surface area (TPSA) is 102 Å². The summed E-state index contributed by atoms with van der Waals surface area (Å²) in [6.45, 7) is 0.768. The summed E-state index contributed by atoms with van der Waals surface area (Å²) in [6, 6.07) is 0. The molecule has 0 aromatic carbocycles. The van der Waals surface area contributed by atoms with Crippen molar-refractivity contribution in [2.75, 3.05) is 40.0 Å². The van der Waals surface area contributed by atoms with Gasteiger partial charge in [-0.2, -0.15) is 4.31 Å².